The number of fused-ring (bicyclic) bond motifs is 1. The van der Waals surface area contributed by atoms with Gasteiger partial charge in [0.05, 0.1) is 19.3 Å². The van der Waals surface area contributed by atoms with Crippen LogP contribution in [-0.2, 0) is 6.54 Å². The lowest BCUT2D eigenvalue weighted by Gasteiger charge is -2.07. The molecule has 98 valence electrons. The lowest BCUT2D eigenvalue weighted by molar-refractivity contribution is 0.395. The SMILES string of the molecule is COc1nc2sccn2c1CNc1ccccc1F. The summed E-state index contributed by atoms with van der Waals surface area (Å²) in [6.45, 7) is 0.446. The number of nitrogens with one attached hydrogen (secondary N) is 1. The minimum absolute atomic E-state index is 0.271. The van der Waals surface area contributed by atoms with E-state index < -0.39 is 0 Å². The van der Waals surface area contributed by atoms with Gasteiger partial charge >= 0.3 is 0 Å². The number of rotatable bonds is 4. The van der Waals surface area contributed by atoms with E-state index >= 15 is 0 Å². The molecular weight excluding hydrogens is 265 g/mol. The van der Waals surface area contributed by atoms with Crippen LogP contribution in [0.15, 0.2) is 35.8 Å². The van der Waals surface area contributed by atoms with Crippen molar-refractivity contribution < 1.29 is 9.13 Å². The molecule has 3 rings (SSSR count). The second-order valence-corrected chi connectivity index (χ2v) is 4.83. The summed E-state index contributed by atoms with van der Waals surface area (Å²) in [4.78, 5) is 5.21. The van der Waals surface area contributed by atoms with Gasteiger partial charge in [0.1, 0.15) is 11.5 Å². The maximum absolute atomic E-state index is 13.5. The second-order valence-electron chi connectivity index (χ2n) is 3.96. The number of methoxy groups -OCH3 is 1. The van der Waals surface area contributed by atoms with Crippen molar-refractivity contribution in [2.45, 2.75) is 6.54 Å². The maximum Gasteiger partial charge on any atom is 0.238 e. The van der Waals surface area contributed by atoms with E-state index in [1.54, 1.807) is 25.3 Å². The van der Waals surface area contributed by atoms with E-state index in [4.69, 9.17) is 4.74 Å². The Labute approximate surface area is 113 Å². The molecule has 1 aromatic carbocycles. The van der Waals surface area contributed by atoms with Gasteiger partial charge < -0.3 is 10.1 Å². The van der Waals surface area contributed by atoms with Crippen LogP contribution in [0.4, 0.5) is 10.1 Å². The lowest BCUT2D eigenvalue weighted by atomic mass is 10.3. The first-order valence-corrected chi connectivity index (χ1v) is 6.64. The van der Waals surface area contributed by atoms with E-state index in [-0.39, 0.29) is 5.82 Å². The molecule has 3 aromatic rings. The summed E-state index contributed by atoms with van der Waals surface area (Å²) >= 11 is 1.53. The molecule has 6 heteroatoms. The molecule has 0 saturated heterocycles. The lowest BCUT2D eigenvalue weighted by Crippen LogP contribution is -2.05. The molecule has 2 aromatic heterocycles. The first kappa shape index (κ1) is 12.0. The van der Waals surface area contributed by atoms with Crippen molar-refractivity contribution in [3.63, 3.8) is 0 Å². The first-order valence-electron chi connectivity index (χ1n) is 5.76. The van der Waals surface area contributed by atoms with Gasteiger partial charge in [-0.2, -0.15) is 4.98 Å². The van der Waals surface area contributed by atoms with Crippen LogP contribution < -0.4 is 10.1 Å². The maximum atomic E-state index is 13.5. The minimum Gasteiger partial charge on any atom is -0.480 e. The fraction of sp³-hybridized carbons (Fsp3) is 0.154. The number of nitrogens with zero attached hydrogens (tertiary/aromatic N) is 2. The smallest absolute Gasteiger partial charge is 0.238 e. The van der Waals surface area contributed by atoms with Crippen LogP contribution in [0.1, 0.15) is 5.69 Å². The highest BCUT2D eigenvalue weighted by Crippen LogP contribution is 2.24. The third-order valence-electron chi connectivity index (χ3n) is 2.84. The molecule has 0 atom stereocenters. The molecule has 0 unspecified atom stereocenters. The summed E-state index contributed by atoms with van der Waals surface area (Å²) in [5.41, 5.74) is 1.34. The largest absolute Gasteiger partial charge is 0.480 e. The fourth-order valence-electron chi connectivity index (χ4n) is 1.92. The quantitative estimate of drug-likeness (QED) is 0.796. The second kappa shape index (κ2) is 4.89. The zero-order valence-corrected chi connectivity index (χ0v) is 11.1. The summed E-state index contributed by atoms with van der Waals surface area (Å²) in [5, 5.41) is 5.01. The van der Waals surface area contributed by atoms with E-state index in [1.807, 2.05) is 16.0 Å². The van der Waals surface area contributed by atoms with Crippen molar-refractivity contribution in [2.24, 2.45) is 0 Å². The number of anilines is 1. The van der Waals surface area contributed by atoms with E-state index in [0.29, 0.717) is 18.1 Å². The van der Waals surface area contributed by atoms with Crippen LogP contribution in [0, 0.1) is 5.82 Å². The average Bonchev–Trinajstić information content (AvgIpc) is 2.98. The summed E-state index contributed by atoms with van der Waals surface area (Å²) in [5.74, 6) is 0.295. The Bertz CT molecular complexity index is 707. The van der Waals surface area contributed by atoms with Crippen molar-refractivity contribution in [2.75, 3.05) is 12.4 Å². The fourth-order valence-corrected chi connectivity index (χ4v) is 2.65. The highest BCUT2D eigenvalue weighted by Gasteiger charge is 2.13. The average molecular weight is 277 g/mol. The monoisotopic (exact) mass is 277 g/mol. The molecule has 0 bridgehead atoms. The Balaban J connectivity index is 1.89. The molecule has 0 amide bonds. The zero-order valence-electron chi connectivity index (χ0n) is 10.3. The van der Waals surface area contributed by atoms with Crippen molar-refractivity contribution in [3.8, 4) is 5.88 Å². The molecule has 0 aliphatic rings. The van der Waals surface area contributed by atoms with Gasteiger partial charge in [0.25, 0.3) is 0 Å². The van der Waals surface area contributed by atoms with E-state index in [0.717, 1.165) is 10.7 Å². The summed E-state index contributed by atoms with van der Waals surface area (Å²) in [6.07, 6.45) is 1.92. The Hall–Kier alpha value is -2.08. The molecule has 0 saturated carbocycles. The van der Waals surface area contributed by atoms with Crippen LogP contribution >= 0.6 is 11.3 Å². The number of halogens is 1. The van der Waals surface area contributed by atoms with E-state index in [1.165, 1.54) is 17.4 Å². The molecule has 1 N–H and O–H groups in total. The standard InChI is InChI=1S/C13H12FN3OS/c1-18-12-11(17-6-7-19-13(17)16-12)8-15-10-5-3-2-4-9(10)14/h2-7,15H,8H2,1H3. The summed E-state index contributed by atoms with van der Waals surface area (Å²) in [6, 6.07) is 6.58. The Morgan fingerprint density at radius 2 is 2.26 bits per heavy atom. The van der Waals surface area contributed by atoms with E-state index in [2.05, 4.69) is 10.3 Å². The van der Waals surface area contributed by atoms with Gasteiger partial charge in [0.2, 0.25) is 5.88 Å². The number of thiazole rings is 1. The molecule has 0 aliphatic carbocycles. The molecular formula is C13H12FN3OS. The van der Waals surface area contributed by atoms with Gasteiger partial charge in [0, 0.05) is 11.6 Å². The number of benzene rings is 1. The van der Waals surface area contributed by atoms with Gasteiger partial charge in [-0.3, -0.25) is 4.40 Å². The molecule has 0 spiro atoms. The predicted octanol–water partition coefficient (Wildman–Crippen LogP) is 3.16. The normalized spacial score (nSPS) is 10.8. The Morgan fingerprint density at radius 1 is 1.42 bits per heavy atom. The highest BCUT2D eigenvalue weighted by atomic mass is 32.1. The first-order chi connectivity index (χ1) is 9.29. The van der Waals surface area contributed by atoms with Crippen LogP contribution in [0.5, 0.6) is 5.88 Å². The van der Waals surface area contributed by atoms with Crippen LogP contribution in [0.3, 0.4) is 0 Å². The van der Waals surface area contributed by atoms with Crippen molar-refractivity contribution in [1.82, 2.24) is 9.38 Å². The molecule has 19 heavy (non-hydrogen) atoms. The number of para-hydroxylation sites is 1. The molecule has 0 aliphatic heterocycles. The zero-order chi connectivity index (χ0) is 13.2. The van der Waals surface area contributed by atoms with Gasteiger partial charge in [-0.05, 0) is 12.1 Å². The minimum atomic E-state index is -0.271. The van der Waals surface area contributed by atoms with Gasteiger partial charge in [-0.25, -0.2) is 4.39 Å². The van der Waals surface area contributed by atoms with E-state index in [9.17, 15) is 4.39 Å². The number of hydrogen-bond acceptors (Lipinski definition) is 4. The van der Waals surface area contributed by atoms with Crippen LogP contribution in [-0.4, -0.2) is 16.5 Å². The third kappa shape index (κ3) is 2.15. The van der Waals surface area contributed by atoms with Crippen molar-refractivity contribution >= 4 is 22.0 Å². The Morgan fingerprint density at radius 3 is 3.05 bits per heavy atom. The number of ether oxygens (including phenoxy) is 1. The predicted molar refractivity (Wildman–Crippen MR) is 73.3 cm³/mol. The molecule has 2 heterocycles. The van der Waals surface area contributed by atoms with Crippen molar-refractivity contribution in [1.29, 1.82) is 0 Å². The summed E-state index contributed by atoms with van der Waals surface area (Å²) < 4.78 is 20.7. The summed E-state index contributed by atoms with van der Waals surface area (Å²) in [7, 11) is 1.58. The van der Waals surface area contributed by atoms with Crippen molar-refractivity contribution in [3.05, 3.63) is 47.4 Å². The number of hydrogen-bond donors (Lipinski definition) is 1. The van der Waals surface area contributed by atoms with Crippen LogP contribution in [0.2, 0.25) is 0 Å². The number of aromatic nitrogens is 2. The van der Waals surface area contributed by atoms with Gasteiger partial charge in [-0.1, -0.05) is 12.1 Å². The topological polar surface area (TPSA) is 38.6 Å². The highest BCUT2D eigenvalue weighted by molar-refractivity contribution is 7.15. The Kier molecular flexibility index (Phi) is 3.08. The van der Waals surface area contributed by atoms with Gasteiger partial charge in [-0.15, -0.1) is 11.3 Å². The molecule has 4 nitrogen and oxygen atoms in total. The third-order valence-corrected chi connectivity index (χ3v) is 3.59. The molecule has 0 radical (unpaired) electrons. The number of imidazole rings is 1. The molecule has 0 fully saturated rings. The van der Waals surface area contributed by atoms with Gasteiger partial charge in [0.15, 0.2) is 4.96 Å². The van der Waals surface area contributed by atoms with Crippen LogP contribution in [0.25, 0.3) is 4.96 Å².